The summed E-state index contributed by atoms with van der Waals surface area (Å²) in [5.41, 5.74) is 0. The van der Waals surface area contributed by atoms with Crippen molar-refractivity contribution >= 4 is 0 Å². The van der Waals surface area contributed by atoms with Crippen molar-refractivity contribution in [1.29, 1.82) is 0 Å². The van der Waals surface area contributed by atoms with E-state index in [9.17, 15) is 0 Å². The SMILES string of the molecule is CC(C)N1CCN(C(C)C)CC1.CC(C)N1CN(C(C)C)C1. The zero-order valence-electron chi connectivity index (χ0n) is 16.3. The van der Waals surface area contributed by atoms with Crippen molar-refractivity contribution in [2.75, 3.05) is 39.5 Å². The molecular formula is C18H40N4. The Labute approximate surface area is 139 Å². The van der Waals surface area contributed by atoms with Crippen LogP contribution in [0.4, 0.5) is 0 Å². The maximum absolute atomic E-state index is 2.55. The predicted octanol–water partition coefficient (Wildman–Crippen LogP) is 2.76. The van der Waals surface area contributed by atoms with Crippen molar-refractivity contribution in [3.8, 4) is 0 Å². The molecule has 0 atom stereocenters. The summed E-state index contributed by atoms with van der Waals surface area (Å²) in [5, 5.41) is 0. The second-order valence-electron chi connectivity index (χ2n) is 7.91. The first-order valence-corrected chi connectivity index (χ1v) is 9.18. The van der Waals surface area contributed by atoms with Crippen LogP contribution in [0.1, 0.15) is 55.4 Å². The van der Waals surface area contributed by atoms with Crippen LogP contribution in [0.15, 0.2) is 0 Å². The molecule has 0 spiro atoms. The Bertz CT molecular complexity index is 259. The van der Waals surface area contributed by atoms with Crippen LogP contribution >= 0.6 is 0 Å². The highest BCUT2D eigenvalue weighted by molar-refractivity contribution is 4.76. The molecule has 2 rings (SSSR count). The molecule has 132 valence electrons. The van der Waals surface area contributed by atoms with Crippen LogP contribution in [-0.2, 0) is 0 Å². The molecule has 2 aliphatic heterocycles. The van der Waals surface area contributed by atoms with E-state index < -0.39 is 0 Å². The van der Waals surface area contributed by atoms with E-state index in [0.29, 0.717) is 0 Å². The van der Waals surface area contributed by atoms with Gasteiger partial charge in [0.25, 0.3) is 0 Å². The lowest BCUT2D eigenvalue weighted by Crippen LogP contribution is -2.59. The monoisotopic (exact) mass is 312 g/mol. The van der Waals surface area contributed by atoms with Gasteiger partial charge in [0.1, 0.15) is 0 Å². The van der Waals surface area contributed by atoms with E-state index in [1.165, 1.54) is 26.2 Å². The smallest absolute Gasteiger partial charge is 0.0535 e. The van der Waals surface area contributed by atoms with E-state index in [1.54, 1.807) is 0 Å². The zero-order valence-corrected chi connectivity index (χ0v) is 16.3. The molecule has 0 bridgehead atoms. The van der Waals surface area contributed by atoms with Crippen molar-refractivity contribution in [2.24, 2.45) is 0 Å². The molecule has 0 saturated carbocycles. The largest absolute Gasteiger partial charge is 0.298 e. The van der Waals surface area contributed by atoms with Gasteiger partial charge in [0.05, 0.1) is 13.3 Å². The molecule has 0 aromatic rings. The van der Waals surface area contributed by atoms with Crippen molar-refractivity contribution in [1.82, 2.24) is 19.6 Å². The molecular weight excluding hydrogens is 272 g/mol. The van der Waals surface area contributed by atoms with Gasteiger partial charge in [0.2, 0.25) is 0 Å². The second-order valence-corrected chi connectivity index (χ2v) is 7.91. The van der Waals surface area contributed by atoms with Gasteiger partial charge in [0.15, 0.2) is 0 Å². The minimum absolute atomic E-state index is 0.718. The van der Waals surface area contributed by atoms with E-state index in [2.05, 4.69) is 75.0 Å². The quantitative estimate of drug-likeness (QED) is 0.791. The molecule has 0 aromatic heterocycles. The fraction of sp³-hybridized carbons (Fsp3) is 1.00. The Balaban J connectivity index is 0.000000224. The molecule has 0 aromatic carbocycles. The van der Waals surface area contributed by atoms with Gasteiger partial charge >= 0.3 is 0 Å². The lowest BCUT2D eigenvalue weighted by atomic mass is 10.2. The number of nitrogens with zero attached hydrogens (tertiary/aromatic N) is 4. The van der Waals surface area contributed by atoms with E-state index in [0.717, 1.165) is 37.5 Å². The Kier molecular flexibility index (Phi) is 8.33. The van der Waals surface area contributed by atoms with Crippen LogP contribution in [0.25, 0.3) is 0 Å². The van der Waals surface area contributed by atoms with Crippen molar-refractivity contribution in [2.45, 2.75) is 79.6 Å². The Morgan fingerprint density at radius 1 is 0.409 bits per heavy atom. The van der Waals surface area contributed by atoms with Crippen LogP contribution in [0.5, 0.6) is 0 Å². The van der Waals surface area contributed by atoms with Crippen LogP contribution in [0.3, 0.4) is 0 Å². The van der Waals surface area contributed by atoms with Gasteiger partial charge in [-0.15, -0.1) is 0 Å². The van der Waals surface area contributed by atoms with Crippen LogP contribution in [0.2, 0.25) is 0 Å². The number of piperazine rings is 1. The molecule has 0 aliphatic carbocycles. The molecule has 2 saturated heterocycles. The van der Waals surface area contributed by atoms with Gasteiger partial charge in [-0.25, -0.2) is 0 Å². The lowest BCUT2D eigenvalue weighted by molar-refractivity contribution is -0.0698. The third kappa shape index (κ3) is 6.15. The zero-order chi connectivity index (χ0) is 16.9. The molecule has 4 nitrogen and oxygen atoms in total. The Morgan fingerprint density at radius 2 is 0.636 bits per heavy atom. The van der Waals surface area contributed by atoms with Crippen LogP contribution in [0, 0.1) is 0 Å². The minimum atomic E-state index is 0.718. The molecule has 2 aliphatic rings. The fourth-order valence-corrected chi connectivity index (χ4v) is 2.85. The van der Waals surface area contributed by atoms with Crippen molar-refractivity contribution in [3.63, 3.8) is 0 Å². The first kappa shape index (κ1) is 19.9. The van der Waals surface area contributed by atoms with E-state index in [4.69, 9.17) is 0 Å². The van der Waals surface area contributed by atoms with Gasteiger partial charge < -0.3 is 0 Å². The maximum atomic E-state index is 2.55. The second kappa shape index (κ2) is 9.21. The minimum Gasteiger partial charge on any atom is -0.298 e. The first-order chi connectivity index (χ1) is 10.2. The molecule has 0 N–H and O–H groups in total. The summed E-state index contributed by atoms with van der Waals surface area (Å²) < 4.78 is 0. The summed E-state index contributed by atoms with van der Waals surface area (Å²) in [4.78, 5) is 10.0. The van der Waals surface area contributed by atoms with Crippen molar-refractivity contribution in [3.05, 3.63) is 0 Å². The van der Waals surface area contributed by atoms with Gasteiger partial charge in [-0.3, -0.25) is 19.6 Å². The van der Waals surface area contributed by atoms with Crippen LogP contribution in [-0.4, -0.2) is 83.3 Å². The maximum Gasteiger partial charge on any atom is 0.0535 e. The van der Waals surface area contributed by atoms with Gasteiger partial charge in [-0.1, -0.05) is 0 Å². The molecule has 2 fully saturated rings. The van der Waals surface area contributed by atoms with E-state index in [1.807, 2.05) is 0 Å². The molecule has 0 amide bonds. The molecule has 0 unspecified atom stereocenters. The summed E-state index contributed by atoms with van der Waals surface area (Å²) in [7, 11) is 0. The fourth-order valence-electron chi connectivity index (χ4n) is 2.85. The highest BCUT2D eigenvalue weighted by atomic mass is 15.5. The average molecular weight is 313 g/mol. The topological polar surface area (TPSA) is 13.0 Å². The standard InChI is InChI=1S/C10H22N2.C8H18N2/c1-9(2)11-5-7-12(8-6-11)10(3)4;1-7(2)9-5-10(6-9)8(3)4/h9-10H,5-8H2,1-4H3;7-8H,5-6H2,1-4H3. The average Bonchev–Trinajstić information content (AvgIpc) is 2.36. The van der Waals surface area contributed by atoms with Crippen LogP contribution < -0.4 is 0 Å². The van der Waals surface area contributed by atoms with E-state index in [-0.39, 0.29) is 0 Å². The first-order valence-electron chi connectivity index (χ1n) is 9.18. The summed E-state index contributed by atoms with van der Waals surface area (Å²) in [6.07, 6.45) is 0. The lowest BCUT2D eigenvalue weighted by Gasteiger charge is -2.47. The molecule has 2 heterocycles. The normalized spacial score (nSPS) is 22.4. The highest BCUT2D eigenvalue weighted by Crippen LogP contribution is 2.14. The molecule has 0 radical (unpaired) electrons. The van der Waals surface area contributed by atoms with Gasteiger partial charge in [-0.2, -0.15) is 0 Å². The van der Waals surface area contributed by atoms with E-state index >= 15 is 0 Å². The summed E-state index contributed by atoms with van der Waals surface area (Å²) in [6.45, 7) is 25.4. The summed E-state index contributed by atoms with van der Waals surface area (Å²) >= 11 is 0. The van der Waals surface area contributed by atoms with Gasteiger partial charge in [0, 0.05) is 50.3 Å². The predicted molar refractivity (Wildman–Crippen MR) is 97.1 cm³/mol. The molecule has 22 heavy (non-hydrogen) atoms. The third-order valence-electron chi connectivity index (χ3n) is 5.00. The number of rotatable bonds is 4. The Morgan fingerprint density at radius 3 is 0.818 bits per heavy atom. The number of hydrogen-bond donors (Lipinski definition) is 0. The van der Waals surface area contributed by atoms with Crippen molar-refractivity contribution < 1.29 is 0 Å². The number of hydrogen-bond acceptors (Lipinski definition) is 4. The molecule has 4 heteroatoms. The summed E-state index contributed by atoms with van der Waals surface area (Å²) in [6, 6.07) is 2.88. The Hall–Kier alpha value is -0.160. The highest BCUT2D eigenvalue weighted by Gasteiger charge is 2.27. The summed E-state index contributed by atoms with van der Waals surface area (Å²) in [5.74, 6) is 0. The third-order valence-corrected chi connectivity index (χ3v) is 5.00. The van der Waals surface area contributed by atoms with Gasteiger partial charge in [-0.05, 0) is 55.4 Å².